The number of hydrogen-bond acceptors (Lipinski definition) is 5. The van der Waals surface area contributed by atoms with Crippen molar-refractivity contribution in [3.63, 3.8) is 0 Å². The molecule has 2 aromatic carbocycles. The zero-order valence-corrected chi connectivity index (χ0v) is 19.1. The molecule has 7 nitrogen and oxygen atoms in total. The number of hydrogen-bond donors (Lipinski definition) is 1. The first kappa shape index (κ1) is 25.0. The minimum Gasteiger partial charge on any atom is -0.487 e. The molecule has 2 aromatic heterocycles. The molecule has 0 radical (unpaired) electrons. The van der Waals surface area contributed by atoms with Crippen LogP contribution in [0.25, 0.3) is 11.0 Å². The van der Waals surface area contributed by atoms with Crippen molar-refractivity contribution in [1.29, 1.82) is 0 Å². The maximum absolute atomic E-state index is 14.7. The molecule has 0 amide bonds. The van der Waals surface area contributed by atoms with Gasteiger partial charge in [0.25, 0.3) is 0 Å². The molecule has 0 aliphatic carbocycles. The van der Waals surface area contributed by atoms with Crippen LogP contribution in [0.3, 0.4) is 0 Å². The number of imidazole rings is 1. The number of rotatable bonds is 9. The number of fused-ring (bicyclic) bond motifs is 1. The van der Waals surface area contributed by atoms with Gasteiger partial charge < -0.3 is 19.1 Å². The van der Waals surface area contributed by atoms with E-state index in [4.69, 9.17) is 9.84 Å². The lowest BCUT2D eigenvalue weighted by Gasteiger charge is -2.13. The zero-order chi connectivity index (χ0) is 25.9. The van der Waals surface area contributed by atoms with E-state index in [1.807, 2.05) is 19.1 Å². The Hall–Kier alpha value is -4.15. The maximum atomic E-state index is 14.7. The van der Waals surface area contributed by atoms with Gasteiger partial charge in [-0.25, -0.2) is 9.37 Å². The third-order valence-corrected chi connectivity index (χ3v) is 5.31. The summed E-state index contributed by atoms with van der Waals surface area (Å²) in [5.74, 6) is -1.72. The molecule has 1 N–H and O–H groups in total. The Labute approximate surface area is 202 Å². The molecule has 0 saturated carbocycles. The van der Waals surface area contributed by atoms with Crippen molar-refractivity contribution in [2.24, 2.45) is 0 Å². The molecule has 0 aliphatic rings. The van der Waals surface area contributed by atoms with Gasteiger partial charge in [-0.1, -0.05) is 12.1 Å². The third-order valence-electron chi connectivity index (χ3n) is 5.31. The Balaban J connectivity index is 1.64. The average molecular weight is 503 g/mol. The van der Waals surface area contributed by atoms with Crippen LogP contribution in [0.4, 0.5) is 17.6 Å². The lowest BCUT2D eigenvalue weighted by atomic mass is 10.2. The number of aromatic nitrogens is 3. The van der Waals surface area contributed by atoms with Gasteiger partial charge in [0, 0.05) is 30.3 Å². The van der Waals surface area contributed by atoms with Crippen molar-refractivity contribution in [3.05, 3.63) is 83.2 Å². The second kappa shape index (κ2) is 10.2. The van der Waals surface area contributed by atoms with Gasteiger partial charge >= 0.3 is 12.3 Å². The van der Waals surface area contributed by atoms with E-state index >= 15 is 0 Å². The highest BCUT2D eigenvalue weighted by Gasteiger charge is 2.31. The normalized spacial score (nSPS) is 11.6. The Kier molecular flexibility index (Phi) is 7.09. The number of aryl methyl sites for hydroxylation is 2. The lowest BCUT2D eigenvalue weighted by Crippen LogP contribution is -2.17. The number of alkyl halides is 3. The number of nitrogens with zero attached hydrogens (tertiary/aromatic N) is 3. The van der Waals surface area contributed by atoms with Crippen LogP contribution in [0.1, 0.15) is 29.1 Å². The van der Waals surface area contributed by atoms with Gasteiger partial charge in [-0.3, -0.25) is 9.78 Å². The lowest BCUT2D eigenvalue weighted by molar-refractivity contribution is -0.274. The molecule has 0 saturated heterocycles. The standard InChI is InChI=1S/C25H21F4N3O4/c1-15-2-4-17(30-12-15)14-35-18-6-7-21-22(11-18)32(23(31-21)8-9-24(33)34)13-16-3-5-19(10-20(16)26)36-25(27,28)29/h2-7,10-12H,8-9,13-14H2,1H3,(H,33,34). The van der Waals surface area contributed by atoms with E-state index in [-0.39, 0.29) is 31.6 Å². The van der Waals surface area contributed by atoms with Gasteiger partial charge in [0.05, 0.1) is 29.7 Å². The fraction of sp³-hybridized carbons (Fsp3) is 0.240. The van der Waals surface area contributed by atoms with Gasteiger partial charge in [0.2, 0.25) is 0 Å². The summed E-state index contributed by atoms with van der Waals surface area (Å²) in [6.07, 6.45) is -3.34. The fourth-order valence-electron chi connectivity index (χ4n) is 3.59. The summed E-state index contributed by atoms with van der Waals surface area (Å²) in [6, 6.07) is 11.7. The molecular formula is C25H21F4N3O4. The van der Waals surface area contributed by atoms with Crippen molar-refractivity contribution < 1.29 is 36.9 Å². The SMILES string of the molecule is Cc1ccc(COc2ccc3nc(CCC(=O)O)n(Cc4ccc(OC(F)(F)F)cc4F)c3c2)nc1. The minimum atomic E-state index is -4.94. The van der Waals surface area contributed by atoms with E-state index in [0.717, 1.165) is 17.3 Å². The van der Waals surface area contributed by atoms with Crippen molar-refractivity contribution in [3.8, 4) is 11.5 Å². The summed E-state index contributed by atoms with van der Waals surface area (Å²) in [4.78, 5) is 19.9. The Morgan fingerprint density at radius 2 is 1.86 bits per heavy atom. The molecule has 0 atom stereocenters. The summed E-state index contributed by atoms with van der Waals surface area (Å²) in [5.41, 5.74) is 2.91. The Morgan fingerprint density at radius 1 is 1.08 bits per heavy atom. The number of aliphatic carboxylic acids is 1. The molecule has 0 bridgehead atoms. The zero-order valence-electron chi connectivity index (χ0n) is 19.1. The molecule has 188 valence electrons. The van der Waals surface area contributed by atoms with E-state index in [0.29, 0.717) is 28.7 Å². The molecule has 11 heteroatoms. The molecule has 36 heavy (non-hydrogen) atoms. The van der Waals surface area contributed by atoms with Gasteiger partial charge in [-0.05, 0) is 36.8 Å². The molecule has 4 rings (SSSR count). The van der Waals surface area contributed by atoms with Gasteiger partial charge in [-0.15, -0.1) is 13.2 Å². The molecular weight excluding hydrogens is 482 g/mol. The van der Waals surface area contributed by atoms with Crippen LogP contribution in [0.15, 0.2) is 54.7 Å². The summed E-state index contributed by atoms with van der Waals surface area (Å²) < 4.78 is 63.3. The van der Waals surface area contributed by atoms with Crippen LogP contribution in [-0.4, -0.2) is 32.0 Å². The number of benzene rings is 2. The van der Waals surface area contributed by atoms with Crippen LogP contribution in [0, 0.1) is 12.7 Å². The summed E-state index contributed by atoms with van der Waals surface area (Å²) in [7, 11) is 0. The second-order valence-corrected chi connectivity index (χ2v) is 8.08. The summed E-state index contributed by atoms with van der Waals surface area (Å²) in [5, 5.41) is 9.11. The number of carboxylic acids is 1. The number of halogens is 4. The van der Waals surface area contributed by atoms with E-state index in [9.17, 15) is 22.4 Å². The fourth-order valence-corrected chi connectivity index (χ4v) is 3.59. The molecule has 0 unspecified atom stereocenters. The highest BCUT2D eigenvalue weighted by Crippen LogP contribution is 2.28. The number of carbonyl (C=O) groups is 1. The molecule has 2 heterocycles. The summed E-state index contributed by atoms with van der Waals surface area (Å²) >= 11 is 0. The Morgan fingerprint density at radius 3 is 2.53 bits per heavy atom. The van der Waals surface area contributed by atoms with Crippen molar-refractivity contribution in [2.45, 2.75) is 39.3 Å². The molecule has 0 spiro atoms. The first-order valence-corrected chi connectivity index (χ1v) is 10.9. The van der Waals surface area contributed by atoms with Crippen LogP contribution in [0.2, 0.25) is 0 Å². The number of carboxylic acid groups (broad SMARTS) is 1. The van der Waals surface area contributed by atoms with E-state index in [1.54, 1.807) is 29.0 Å². The predicted octanol–water partition coefficient (Wildman–Crippen LogP) is 5.42. The first-order valence-electron chi connectivity index (χ1n) is 10.9. The van der Waals surface area contributed by atoms with Crippen LogP contribution >= 0.6 is 0 Å². The monoisotopic (exact) mass is 503 g/mol. The minimum absolute atomic E-state index is 0.0738. The number of ether oxygens (including phenoxy) is 2. The predicted molar refractivity (Wildman–Crippen MR) is 121 cm³/mol. The van der Waals surface area contributed by atoms with E-state index in [1.165, 1.54) is 6.07 Å². The largest absolute Gasteiger partial charge is 0.573 e. The Bertz CT molecular complexity index is 1380. The van der Waals surface area contributed by atoms with Gasteiger partial charge in [0.15, 0.2) is 0 Å². The van der Waals surface area contributed by atoms with Crippen molar-refractivity contribution in [2.75, 3.05) is 0 Å². The van der Waals surface area contributed by atoms with Crippen LogP contribution in [0.5, 0.6) is 11.5 Å². The van der Waals surface area contributed by atoms with Gasteiger partial charge in [-0.2, -0.15) is 0 Å². The van der Waals surface area contributed by atoms with Crippen LogP contribution < -0.4 is 9.47 Å². The van der Waals surface area contributed by atoms with E-state index < -0.39 is 23.9 Å². The summed E-state index contributed by atoms with van der Waals surface area (Å²) in [6.45, 7) is 2.04. The third kappa shape index (κ3) is 6.29. The maximum Gasteiger partial charge on any atom is 0.573 e. The van der Waals surface area contributed by atoms with Crippen LogP contribution in [-0.2, 0) is 24.4 Å². The molecule has 4 aromatic rings. The second-order valence-electron chi connectivity index (χ2n) is 8.08. The highest BCUT2D eigenvalue weighted by molar-refractivity contribution is 5.78. The average Bonchev–Trinajstić information content (AvgIpc) is 3.14. The smallest absolute Gasteiger partial charge is 0.487 e. The topological polar surface area (TPSA) is 86.5 Å². The van der Waals surface area contributed by atoms with Crippen molar-refractivity contribution in [1.82, 2.24) is 14.5 Å². The quantitative estimate of drug-likeness (QED) is 0.307. The first-order chi connectivity index (χ1) is 17.1. The van der Waals surface area contributed by atoms with Crippen molar-refractivity contribution >= 4 is 17.0 Å². The highest BCUT2D eigenvalue weighted by atomic mass is 19.4. The molecule has 0 fully saturated rings. The van der Waals surface area contributed by atoms with E-state index in [2.05, 4.69) is 14.7 Å². The van der Waals surface area contributed by atoms with Gasteiger partial charge in [0.1, 0.15) is 29.7 Å². The molecule has 0 aliphatic heterocycles. The number of pyridine rings is 1.